The van der Waals surface area contributed by atoms with E-state index < -0.39 is 0 Å². The lowest BCUT2D eigenvalue weighted by Gasteiger charge is -2.34. The summed E-state index contributed by atoms with van der Waals surface area (Å²) in [5.74, 6) is 0. The molecule has 0 aromatic heterocycles. The Kier molecular flexibility index (Phi) is 5.57. The zero-order chi connectivity index (χ0) is 10.5. The van der Waals surface area contributed by atoms with Gasteiger partial charge < -0.3 is 10.2 Å². The molecular formula is C11H26N2. The first-order valence-electron chi connectivity index (χ1n) is 5.34. The lowest BCUT2D eigenvalue weighted by Crippen LogP contribution is -2.49. The number of nitrogens with zero attached hydrogens (tertiary/aromatic N) is 1. The molecule has 0 aromatic carbocycles. The summed E-state index contributed by atoms with van der Waals surface area (Å²) in [6, 6.07) is 0.680. The molecule has 0 bridgehead atoms. The van der Waals surface area contributed by atoms with Crippen LogP contribution in [0.4, 0.5) is 0 Å². The fraction of sp³-hybridized carbons (Fsp3) is 1.00. The molecule has 0 saturated heterocycles. The zero-order valence-corrected chi connectivity index (χ0v) is 10.1. The predicted molar refractivity (Wildman–Crippen MR) is 60.1 cm³/mol. The Hall–Kier alpha value is -0.0800. The molecule has 0 amide bonds. The van der Waals surface area contributed by atoms with E-state index in [4.69, 9.17) is 0 Å². The van der Waals surface area contributed by atoms with Gasteiger partial charge in [-0.3, -0.25) is 0 Å². The minimum atomic E-state index is 0.253. The average Bonchev–Trinajstić information content (AvgIpc) is 2.06. The van der Waals surface area contributed by atoms with E-state index >= 15 is 0 Å². The van der Waals surface area contributed by atoms with Gasteiger partial charge in [-0.1, -0.05) is 13.8 Å². The van der Waals surface area contributed by atoms with Crippen LogP contribution in [0.5, 0.6) is 0 Å². The van der Waals surface area contributed by atoms with Gasteiger partial charge in [0.2, 0.25) is 0 Å². The quantitative estimate of drug-likeness (QED) is 0.683. The molecule has 0 rings (SSSR count). The van der Waals surface area contributed by atoms with Crippen LogP contribution in [0, 0.1) is 0 Å². The number of nitrogens with one attached hydrogen (secondary N) is 1. The lowest BCUT2D eigenvalue weighted by atomic mass is 10.0. The van der Waals surface area contributed by atoms with Gasteiger partial charge in [-0.25, -0.2) is 0 Å². The summed E-state index contributed by atoms with van der Waals surface area (Å²) in [6.07, 6.45) is 2.44. The first kappa shape index (κ1) is 12.9. The van der Waals surface area contributed by atoms with Gasteiger partial charge in [-0.15, -0.1) is 0 Å². The Balaban J connectivity index is 3.85. The van der Waals surface area contributed by atoms with Crippen LogP contribution in [-0.2, 0) is 0 Å². The van der Waals surface area contributed by atoms with Crippen molar-refractivity contribution in [3.8, 4) is 0 Å². The van der Waals surface area contributed by atoms with E-state index in [1.165, 1.54) is 12.8 Å². The van der Waals surface area contributed by atoms with Gasteiger partial charge in [0.05, 0.1) is 0 Å². The second-order valence-electron chi connectivity index (χ2n) is 4.60. The van der Waals surface area contributed by atoms with Crippen molar-refractivity contribution in [2.24, 2.45) is 0 Å². The van der Waals surface area contributed by atoms with Gasteiger partial charge in [-0.05, 0) is 40.8 Å². The van der Waals surface area contributed by atoms with E-state index in [-0.39, 0.29) is 5.54 Å². The zero-order valence-electron chi connectivity index (χ0n) is 10.1. The van der Waals surface area contributed by atoms with E-state index in [1.807, 2.05) is 0 Å². The fourth-order valence-electron chi connectivity index (χ4n) is 1.13. The summed E-state index contributed by atoms with van der Waals surface area (Å²) < 4.78 is 0. The third kappa shape index (κ3) is 4.63. The van der Waals surface area contributed by atoms with Crippen LogP contribution in [0.2, 0.25) is 0 Å². The first-order chi connectivity index (χ1) is 5.94. The van der Waals surface area contributed by atoms with Gasteiger partial charge in [0, 0.05) is 18.1 Å². The number of likely N-dealkylation sites (N-methyl/N-ethyl adjacent to an activating group) is 1. The summed E-state index contributed by atoms with van der Waals surface area (Å²) in [5, 5.41) is 3.60. The number of hydrogen-bond donors (Lipinski definition) is 1. The standard InChI is InChI=1S/C11H26N2/c1-7-10(8-2)12-9-11(3,4)13(5)6/h10,12H,7-9H2,1-6H3. The summed E-state index contributed by atoms with van der Waals surface area (Å²) in [4.78, 5) is 2.27. The largest absolute Gasteiger partial charge is 0.312 e. The molecule has 1 N–H and O–H groups in total. The van der Waals surface area contributed by atoms with Crippen LogP contribution < -0.4 is 5.32 Å². The molecule has 0 fully saturated rings. The van der Waals surface area contributed by atoms with E-state index in [0.29, 0.717) is 6.04 Å². The Labute approximate surface area is 83.7 Å². The molecule has 0 unspecified atom stereocenters. The maximum atomic E-state index is 3.60. The highest BCUT2D eigenvalue weighted by Crippen LogP contribution is 2.09. The van der Waals surface area contributed by atoms with Crippen LogP contribution in [0.1, 0.15) is 40.5 Å². The third-order valence-electron chi connectivity index (χ3n) is 3.02. The highest BCUT2D eigenvalue weighted by Gasteiger charge is 2.20. The summed E-state index contributed by atoms with van der Waals surface area (Å²) in [5.41, 5.74) is 0.253. The molecule has 0 aromatic rings. The summed E-state index contributed by atoms with van der Waals surface area (Å²) >= 11 is 0. The molecule has 0 heterocycles. The second-order valence-corrected chi connectivity index (χ2v) is 4.60. The van der Waals surface area contributed by atoms with Crippen molar-refractivity contribution >= 4 is 0 Å². The van der Waals surface area contributed by atoms with Gasteiger partial charge in [-0.2, -0.15) is 0 Å². The molecule has 0 aliphatic heterocycles. The maximum absolute atomic E-state index is 3.60. The third-order valence-corrected chi connectivity index (χ3v) is 3.02. The highest BCUT2D eigenvalue weighted by molar-refractivity contribution is 4.81. The van der Waals surface area contributed by atoms with Gasteiger partial charge >= 0.3 is 0 Å². The van der Waals surface area contributed by atoms with E-state index in [9.17, 15) is 0 Å². The Morgan fingerprint density at radius 1 is 1.15 bits per heavy atom. The monoisotopic (exact) mass is 186 g/mol. The van der Waals surface area contributed by atoms with Crippen molar-refractivity contribution < 1.29 is 0 Å². The Bertz CT molecular complexity index is 126. The SMILES string of the molecule is CCC(CC)NCC(C)(C)N(C)C. The van der Waals surface area contributed by atoms with Crippen molar-refractivity contribution in [1.82, 2.24) is 10.2 Å². The molecule has 2 nitrogen and oxygen atoms in total. The molecule has 80 valence electrons. The summed E-state index contributed by atoms with van der Waals surface area (Å²) in [7, 11) is 4.27. The Morgan fingerprint density at radius 2 is 1.62 bits per heavy atom. The second kappa shape index (κ2) is 5.61. The fourth-order valence-corrected chi connectivity index (χ4v) is 1.13. The van der Waals surface area contributed by atoms with Crippen molar-refractivity contribution in [1.29, 1.82) is 0 Å². The molecule has 2 heteroatoms. The molecule has 0 spiro atoms. The van der Waals surface area contributed by atoms with Crippen LogP contribution >= 0.6 is 0 Å². The predicted octanol–water partition coefficient (Wildman–Crippen LogP) is 2.10. The minimum Gasteiger partial charge on any atom is -0.312 e. The maximum Gasteiger partial charge on any atom is 0.0271 e. The van der Waals surface area contributed by atoms with Crippen molar-refractivity contribution in [3.63, 3.8) is 0 Å². The number of hydrogen-bond acceptors (Lipinski definition) is 2. The minimum absolute atomic E-state index is 0.253. The van der Waals surface area contributed by atoms with Crippen LogP contribution in [-0.4, -0.2) is 37.1 Å². The van der Waals surface area contributed by atoms with E-state index in [1.54, 1.807) is 0 Å². The molecule has 13 heavy (non-hydrogen) atoms. The van der Waals surface area contributed by atoms with Gasteiger partial charge in [0.1, 0.15) is 0 Å². The molecule has 0 aliphatic carbocycles. The molecular weight excluding hydrogens is 160 g/mol. The average molecular weight is 186 g/mol. The topological polar surface area (TPSA) is 15.3 Å². The summed E-state index contributed by atoms with van der Waals surface area (Å²) in [6.45, 7) is 10.1. The first-order valence-corrected chi connectivity index (χ1v) is 5.34. The van der Waals surface area contributed by atoms with Crippen LogP contribution in [0.3, 0.4) is 0 Å². The van der Waals surface area contributed by atoms with E-state index in [2.05, 4.69) is 52.0 Å². The number of rotatable bonds is 6. The van der Waals surface area contributed by atoms with Crippen LogP contribution in [0.25, 0.3) is 0 Å². The molecule has 0 saturated carbocycles. The van der Waals surface area contributed by atoms with Crippen molar-refractivity contribution in [2.75, 3.05) is 20.6 Å². The Morgan fingerprint density at radius 3 is 1.92 bits per heavy atom. The van der Waals surface area contributed by atoms with Crippen molar-refractivity contribution in [2.45, 2.75) is 52.1 Å². The molecule has 0 radical (unpaired) electrons. The smallest absolute Gasteiger partial charge is 0.0271 e. The van der Waals surface area contributed by atoms with Gasteiger partial charge in [0.15, 0.2) is 0 Å². The lowest BCUT2D eigenvalue weighted by molar-refractivity contribution is 0.183. The molecule has 0 atom stereocenters. The highest BCUT2D eigenvalue weighted by atomic mass is 15.2. The van der Waals surface area contributed by atoms with Crippen molar-refractivity contribution in [3.05, 3.63) is 0 Å². The van der Waals surface area contributed by atoms with Gasteiger partial charge in [0.25, 0.3) is 0 Å². The van der Waals surface area contributed by atoms with Crippen LogP contribution in [0.15, 0.2) is 0 Å². The molecule has 0 aliphatic rings. The normalized spacial score (nSPS) is 12.9. The van der Waals surface area contributed by atoms with E-state index in [0.717, 1.165) is 6.54 Å².